The number of nitrogens with one attached hydrogen (secondary N) is 1. The summed E-state index contributed by atoms with van der Waals surface area (Å²) < 4.78 is 32.2. The number of methoxy groups -OCH3 is 2. The normalized spacial score (nSPS) is 11.9. The molecule has 0 heterocycles. The molecule has 2 aromatic carbocycles. The van der Waals surface area contributed by atoms with Crippen LogP contribution in [-0.2, 0) is 40.5 Å². The largest absolute Gasteiger partial charge is 0.468 e. The van der Waals surface area contributed by atoms with E-state index in [4.69, 9.17) is 23.7 Å². The van der Waals surface area contributed by atoms with Gasteiger partial charge in [0.1, 0.15) is 5.54 Å². The highest BCUT2D eigenvalue weighted by atomic mass is 32.2. The highest BCUT2D eigenvalue weighted by molar-refractivity contribution is 7.60. The van der Waals surface area contributed by atoms with Gasteiger partial charge in [-0.05, 0) is 31.9 Å². The minimum absolute atomic E-state index is 0.210. The van der Waals surface area contributed by atoms with Crippen LogP contribution in [0.15, 0.2) is 60.7 Å². The number of hydrogen-bond donors (Lipinski definition) is 2. The summed E-state index contributed by atoms with van der Waals surface area (Å²) in [5, 5.41) is 0. The molecule has 3 N–H and O–H groups in total. The van der Waals surface area contributed by atoms with E-state index < -0.39 is 27.4 Å². The first kappa shape index (κ1) is 27.0. The molecule has 0 aliphatic heterocycles. The van der Waals surface area contributed by atoms with Gasteiger partial charge in [-0.2, -0.15) is 13.2 Å². The Morgan fingerprint density at radius 2 is 1.13 bits per heavy atom. The molecule has 0 amide bonds. The summed E-state index contributed by atoms with van der Waals surface area (Å²) in [6, 6.07) is 18.8. The Balaban J connectivity index is 0.000000477. The second kappa shape index (κ2) is 12.5. The van der Waals surface area contributed by atoms with Crippen molar-refractivity contribution < 1.29 is 27.5 Å². The van der Waals surface area contributed by atoms with Gasteiger partial charge in [0.15, 0.2) is 0 Å². The van der Waals surface area contributed by atoms with E-state index in [-0.39, 0.29) is 5.97 Å². The first-order valence-electron chi connectivity index (χ1n) is 8.78. The van der Waals surface area contributed by atoms with Gasteiger partial charge in [-0.15, -0.1) is 0 Å². The minimum atomic E-state index is -2.61. The summed E-state index contributed by atoms with van der Waals surface area (Å²) in [5.74, 6) is -0.641. The van der Waals surface area contributed by atoms with E-state index in [1.807, 2.05) is 62.4 Å². The first-order valence-corrected chi connectivity index (χ1v) is 9.86. The van der Waals surface area contributed by atoms with E-state index >= 15 is 0 Å². The van der Waals surface area contributed by atoms with Crippen molar-refractivity contribution >= 4 is 22.4 Å². The topological polar surface area (TPSA) is 137 Å². The number of benzene rings is 2. The van der Waals surface area contributed by atoms with Crippen molar-refractivity contribution in [3.63, 3.8) is 0 Å². The van der Waals surface area contributed by atoms with Crippen molar-refractivity contribution in [2.24, 2.45) is 5.73 Å². The van der Waals surface area contributed by atoms with Crippen molar-refractivity contribution in [1.82, 2.24) is 0 Å². The minimum Gasteiger partial charge on any atom is -0.468 e. The van der Waals surface area contributed by atoms with Crippen LogP contribution in [-0.4, -0.2) is 34.6 Å². The zero-order valence-electron chi connectivity index (χ0n) is 17.7. The van der Waals surface area contributed by atoms with Gasteiger partial charge >= 0.3 is 22.4 Å². The molecule has 2 rings (SSSR count). The Morgan fingerprint density at radius 3 is 1.47 bits per heavy atom. The molecule has 0 fully saturated rings. The van der Waals surface area contributed by atoms with Crippen LogP contribution in [0.3, 0.4) is 0 Å². The molecule has 0 saturated heterocycles. The summed E-state index contributed by atoms with van der Waals surface area (Å²) in [4.78, 5) is 22.7. The molecule has 0 unspecified atom stereocenters. The molecule has 0 aliphatic carbocycles. The van der Waals surface area contributed by atoms with Crippen LogP contribution >= 0.6 is 0 Å². The maximum Gasteiger partial charge on any atom is 0.330 e. The van der Waals surface area contributed by atoms with Gasteiger partial charge in [0.05, 0.1) is 19.6 Å². The molecule has 0 radical (unpaired) electrons. The zero-order valence-corrected chi connectivity index (χ0v) is 18.5. The third kappa shape index (κ3) is 8.54. The zero-order chi connectivity index (χ0) is 23.4. The Hall–Kier alpha value is -3.04. The van der Waals surface area contributed by atoms with E-state index in [0.29, 0.717) is 0 Å². The summed E-state index contributed by atoms with van der Waals surface area (Å²) >= 11 is 0. The number of esters is 2. The van der Waals surface area contributed by atoms with Crippen LogP contribution in [0.2, 0.25) is 0 Å². The molecule has 0 aliphatic rings. The van der Waals surface area contributed by atoms with E-state index in [2.05, 4.69) is 4.74 Å². The van der Waals surface area contributed by atoms with Gasteiger partial charge in [-0.1, -0.05) is 60.7 Å². The van der Waals surface area contributed by atoms with Crippen LogP contribution in [0.25, 0.3) is 0 Å². The molecule has 0 spiro atoms. The summed E-state index contributed by atoms with van der Waals surface area (Å²) in [5.41, 5.74) is 5.92. The molecule has 8 nitrogen and oxygen atoms in total. The lowest BCUT2D eigenvalue weighted by molar-refractivity contribution is -0.147. The summed E-state index contributed by atoms with van der Waals surface area (Å²) in [7, 11) is 0.128. The Labute approximate surface area is 178 Å². The molecule has 0 bridgehead atoms. The average molecular weight is 437 g/mol. The molecule has 0 aromatic heterocycles. The fourth-order valence-electron chi connectivity index (χ4n) is 2.34. The number of carbonyl (C=O) groups is 2. The van der Waals surface area contributed by atoms with E-state index in [1.165, 1.54) is 14.2 Å². The lowest BCUT2D eigenvalue weighted by atomic mass is 9.85. The van der Waals surface area contributed by atoms with Crippen molar-refractivity contribution in [2.75, 3.05) is 14.2 Å². The molecular formula is C21H28N2O6S. The van der Waals surface area contributed by atoms with Crippen LogP contribution in [0, 0.1) is 4.78 Å². The summed E-state index contributed by atoms with van der Waals surface area (Å²) in [6.45, 7) is 5.34. The number of rotatable bonds is 4. The molecule has 2 aromatic rings. The van der Waals surface area contributed by atoms with Crippen molar-refractivity contribution in [3.05, 3.63) is 71.8 Å². The predicted molar refractivity (Wildman–Crippen MR) is 113 cm³/mol. The van der Waals surface area contributed by atoms with Crippen LogP contribution in [0.5, 0.6) is 0 Å². The Morgan fingerprint density at radius 1 is 0.800 bits per heavy atom. The second-order valence-electron chi connectivity index (χ2n) is 6.78. The molecule has 30 heavy (non-hydrogen) atoms. The van der Waals surface area contributed by atoms with Crippen LogP contribution in [0.4, 0.5) is 0 Å². The standard InChI is InChI=1S/C11H14O2.C10H13NO2.HNO2S/c1-11(2,10(12)13-3)9-7-5-4-6-8-9;1-10(11,9(12)13-2)8-6-4-3-5-7-8;1-4(2)3/h4-8H,1-3H3;3-7H,11H2,1-2H3;1H/t;10-;/m.1./s1. The molecule has 164 valence electrons. The number of hydrogen-bond acceptors (Lipinski definition) is 8. The quantitative estimate of drug-likeness (QED) is 0.703. The van der Waals surface area contributed by atoms with Crippen LogP contribution in [0.1, 0.15) is 31.9 Å². The monoisotopic (exact) mass is 436 g/mol. The van der Waals surface area contributed by atoms with E-state index in [0.717, 1.165) is 11.1 Å². The van der Waals surface area contributed by atoms with Gasteiger partial charge < -0.3 is 15.2 Å². The van der Waals surface area contributed by atoms with Crippen LogP contribution < -0.4 is 5.73 Å². The maximum absolute atomic E-state index is 11.4. The SMILES string of the molecule is COC(=O)C(C)(C)c1ccccc1.COC(=O)[C@](C)(N)c1ccccc1.N=S(=O)=O. The van der Waals surface area contributed by atoms with E-state index in [1.54, 1.807) is 19.1 Å². The lowest BCUT2D eigenvalue weighted by Gasteiger charge is -2.21. The Kier molecular flexibility index (Phi) is 11.2. The smallest absolute Gasteiger partial charge is 0.330 e. The third-order valence-corrected chi connectivity index (χ3v) is 4.17. The second-order valence-corrected chi connectivity index (χ2v) is 7.25. The lowest BCUT2D eigenvalue weighted by Crippen LogP contribution is -2.42. The Bertz CT molecular complexity index is 841. The number of carbonyl (C=O) groups excluding carboxylic acids is 2. The van der Waals surface area contributed by atoms with Crippen molar-refractivity contribution in [2.45, 2.75) is 31.7 Å². The number of nitrogens with two attached hydrogens (primary N) is 1. The van der Waals surface area contributed by atoms with Crippen molar-refractivity contribution in [3.8, 4) is 0 Å². The van der Waals surface area contributed by atoms with Gasteiger partial charge in [0.2, 0.25) is 0 Å². The molecule has 1 atom stereocenters. The summed E-state index contributed by atoms with van der Waals surface area (Å²) in [6.07, 6.45) is 0. The number of ether oxygens (including phenoxy) is 2. The third-order valence-electron chi connectivity index (χ3n) is 4.17. The maximum atomic E-state index is 11.4. The average Bonchev–Trinajstić information content (AvgIpc) is 2.73. The molecular weight excluding hydrogens is 408 g/mol. The highest BCUT2D eigenvalue weighted by Crippen LogP contribution is 2.23. The van der Waals surface area contributed by atoms with Gasteiger partial charge in [-0.3, -0.25) is 4.79 Å². The van der Waals surface area contributed by atoms with Gasteiger partial charge in [0.25, 0.3) is 0 Å². The van der Waals surface area contributed by atoms with E-state index in [9.17, 15) is 9.59 Å². The molecule has 9 heteroatoms. The van der Waals surface area contributed by atoms with Gasteiger partial charge in [0, 0.05) is 0 Å². The van der Waals surface area contributed by atoms with Gasteiger partial charge in [-0.25, -0.2) is 4.79 Å². The van der Waals surface area contributed by atoms with Crippen molar-refractivity contribution in [1.29, 1.82) is 4.78 Å². The predicted octanol–water partition coefficient (Wildman–Crippen LogP) is 2.80. The first-order chi connectivity index (χ1) is 13.9. The fourth-order valence-corrected chi connectivity index (χ4v) is 2.34. The fraction of sp³-hybridized carbons (Fsp3) is 0.333. The molecule has 0 saturated carbocycles. The highest BCUT2D eigenvalue weighted by Gasteiger charge is 2.31.